The summed E-state index contributed by atoms with van der Waals surface area (Å²) in [6, 6.07) is 8.06. The molecule has 0 aliphatic carbocycles. The molecule has 0 spiro atoms. The highest BCUT2D eigenvalue weighted by Crippen LogP contribution is 2.23. The molecule has 0 bridgehead atoms. The Morgan fingerprint density at radius 3 is 2.95 bits per heavy atom. The number of hydrogen-bond acceptors (Lipinski definition) is 3. The number of carbonyl (C=O) groups is 1. The number of carbonyl (C=O) groups excluding carboxylic acids is 1. The maximum Gasteiger partial charge on any atom is 0.223 e. The predicted octanol–water partition coefficient (Wildman–Crippen LogP) is 2.39. The first kappa shape index (κ1) is 15.8. The Labute approximate surface area is 126 Å². The van der Waals surface area contributed by atoms with Crippen LogP contribution < -0.4 is 4.74 Å². The lowest BCUT2D eigenvalue weighted by molar-refractivity contribution is -0.135. The van der Waals surface area contributed by atoms with Crippen LogP contribution in [-0.4, -0.2) is 42.2 Å². The van der Waals surface area contributed by atoms with Gasteiger partial charge < -0.3 is 14.7 Å². The second-order valence-electron chi connectivity index (χ2n) is 5.56. The number of rotatable bonds is 6. The van der Waals surface area contributed by atoms with Gasteiger partial charge in [0.05, 0.1) is 7.11 Å². The molecule has 0 aromatic heterocycles. The molecule has 1 unspecified atom stereocenters. The fraction of sp³-hybridized carbons (Fsp3) is 0.588. The van der Waals surface area contributed by atoms with Crippen molar-refractivity contribution in [2.24, 2.45) is 0 Å². The van der Waals surface area contributed by atoms with E-state index in [1.807, 2.05) is 29.2 Å². The minimum Gasteiger partial charge on any atom is -0.496 e. The Morgan fingerprint density at radius 1 is 1.38 bits per heavy atom. The highest BCUT2D eigenvalue weighted by atomic mass is 16.5. The Bertz CT molecular complexity index is 459. The number of piperidine rings is 1. The third-order valence-electron chi connectivity index (χ3n) is 4.21. The molecule has 0 radical (unpaired) electrons. The average Bonchev–Trinajstić information content (AvgIpc) is 2.53. The fourth-order valence-corrected chi connectivity index (χ4v) is 3.07. The number of amides is 1. The van der Waals surface area contributed by atoms with Gasteiger partial charge in [-0.2, -0.15) is 0 Å². The lowest BCUT2D eigenvalue weighted by Crippen LogP contribution is -2.44. The molecule has 1 heterocycles. The molecular weight excluding hydrogens is 266 g/mol. The van der Waals surface area contributed by atoms with Crippen molar-refractivity contribution in [2.45, 2.75) is 44.6 Å². The van der Waals surface area contributed by atoms with Gasteiger partial charge in [0, 0.05) is 25.6 Å². The van der Waals surface area contributed by atoms with E-state index in [0.717, 1.165) is 37.1 Å². The molecule has 1 atom stereocenters. The van der Waals surface area contributed by atoms with E-state index >= 15 is 0 Å². The van der Waals surface area contributed by atoms with Crippen LogP contribution in [0.2, 0.25) is 0 Å². The Kier molecular flexibility index (Phi) is 6.05. The fourth-order valence-electron chi connectivity index (χ4n) is 3.07. The predicted molar refractivity (Wildman–Crippen MR) is 82.4 cm³/mol. The lowest BCUT2D eigenvalue weighted by Gasteiger charge is -2.35. The van der Waals surface area contributed by atoms with E-state index in [1.165, 1.54) is 0 Å². The smallest absolute Gasteiger partial charge is 0.223 e. The van der Waals surface area contributed by atoms with Crippen molar-refractivity contribution in [1.29, 1.82) is 0 Å². The van der Waals surface area contributed by atoms with Crippen molar-refractivity contribution in [3.05, 3.63) is 29.8 Å². The number of aryl methyl sites for hydroxylation is 1. The van der Waals surface area contributed by atoms with E-state index in [1.54, 1.807) is 7.11 Å². The van der Waals surface area contributed by atoms with Gasteiger partial charge in [0.25, 0.3) is 0 Å². The molecule has 1 aromatic carbocycles. The largest absolute Gasteiger partial charge is 0.496 e. The topological polar surface area (TPSA) is 49.8 Å². The Morgan fingerprint density at radius 2 is 2.19 bits per heavy atom. The van der Waals surface area contributed by atoms with Crippen molar-refractivity contribution >= 4 is 5.91 Å². The number of para-hydroxylation sites is 1. The molecule has 1 aromatic rings. The van der Waals surface area contributed by atoms with Crippen molar-refractivity contribution in [2.75, 3.05) is 20.3 Å². The van der Waals surface area contributed by atoms with Crippen molar-refractivity contribution in [3.8, 4) is 5.75 Å². The van der Waals surface area contributed by atoms with Crippen LogP contribution in [0.15, 0.2) is 24.3 Å². The summed E-state index contributed by atoms with van der Waals surface area (Å²) in [6.45, 7) is 0.983. The second-order valence-corrected chi connectivity index (χ2v) is 5.56. The van der Waals surface area contributed by atoms with Gasteiger partial charge in [-0.3, -0.25) is 4.79 Å². The number of benzene rings is 1. The summed E-state index contributed by atoms with van der Waals surface area (Å²) in [5, 5.41) is 9.14. The average molecular weight is 291 g/mol. The van der Waals surface area contributed by atoms with Gasteiger partial charge in [0.1, 0.15) is 5.75 Å². The van der Waals surface area contributed by atoms with Crippen LogP contribution in [0, 0.1) is 0 Å². The molecule has 1 aliphatic heterocycles. The summed E-state index contributed by atoms with van der Waals surface area (Å²) >= 11 is 0. The van der Waals surface area contributed by atoms with Crippen molar-refractivity contribution < 1.29 is 14.6 Å². The van der Waals surface area contributed by atoms with Gasteiger partial charge in [0.15, 0.2) is 0 Å². The van der Waals surface area contributed by atoms with Gasteiger partial charge >= 0.3 is 0 Å². The highest BCUT2D eigenvalue weighted by Gasteiger charge is 2.25. The van der Waals surface area contributed by atoms with Gasteiger partial charge in [-0.15, -0.1) is 0 Å². The summed E-state index contributed by atoms with van der Waals surface area (Å²) in [6.07, 6.45) is 5.14. The zero-order valence-corrected chi connectivity index (χ0v) is 12.8. The van der Waals surface area contributed by atoms with Crippen molar-refractivity contribution in [1.82, 2.24) is 4.90 Å². The minimum atomic E-state index is 0.154. The number of nitrogens with zero attached hydrogens (tertiary/aromatic N) is 1. The van der Waals surface area contributed by atoms with Crippen LogP contribution in [-0.2, 0) is 11.2 Å². The standard InChI is InChI=1S/C17H25NO3/c1-21-16-8-3-2-6-14(16)9-10-17(20)18-12-5-4-7-15(18)11-13-19/h2-3,6,8,15,19H,4-5,7,9-13H2,1H3. The summed E-state index contributed by atoms with van der Waals surface area (Å²) in [5.74, 6) is 1.04. The van der Waals surface area contributed by atoms with Crippen LogP contribution in [0.1, 0.15) is 37.7 Å². The maximum absolute atomic E-state index is 12.5. The molecule has 1 saturated heterocycles. The number of aliphatic hydroxyl groups excluding tert-OH is 1. The molecule has 1 aliphatic rings. The van der Waals surface area contributed by atoms with Crippen LogP contribution in [0.25, 0.3) is 0 Å². The quantitative estimate of drug-likeness (QED) is 0.875. The molecule has 1 N–H and O–H groups in total. The van der Waals surface area contributed by atoms with Gasteiger partial charge in [-0.05, 0) is 43.7 Å². The van der Waals surface area contributed by atoms with E-state index in [2.05, 4.69) is 0 Å². The molecule has 1 fully saturated rings. The first-order valence-corrected chi connectivity index (χ1v) is 7.78. The summed E-state index contributed by atoms with van der Waals surface area (Å²) in [7, 11) is 1.66. The van der Waals surface area contributed by atoms with Crippen LogP contribution >= 0.6 is 0 Å². The Balaban J connectivity index is 1.94. The molecule has 116 valence electrons. The SMILES string of the molecule is COc1ccccc1CCC(=O)N1CCCCC1CCO. The Hall–Kier alpha value is -1.55. The number of hydrogen-bond donors (Lipinski definition) is 1. The monoisotopic (exact) mass is 291 g/mol. The van der Waals surface area contributed by atoms with Gasteiger partial charge in [0.2, 0.25) is 5.91 Å². The summed E-state index contributed by atoms with van der Waals surface area (Å²) in [5.41, 5.74) is 1.07. The first-order valence-electron chi connectivity index (χ1n) is 7.78. The molecule has 1 amide bonds. The van der Waals surface area contributed by atoms with Crippen LogP contribution in [0.5, 0.6) is 5.75 Å². The maximum atomic E-state index is 12.5. The minimum absolute atomic E-state index is 0.154. The third-order valence-corrected chi connectivity index (χ3v) is 4.21. The third kappa shape index (κ3) is 4.21. The number of aliphatic hydroxyl groups is 1. The zero-order valence-electron chi connectivity index (χ0n) is 12.8. The van der Waals surface area contributed by atoms with Gasteiger partial charge in [-0.1, -0.05) is 18.2 Å². The van der Waals surface area contributed by atoms with E-state index in [9.17, 15) is 4.79 Å². The molecule has 4 heteroatoms. The van der Waals surface area contributed by atoms with Crippen LogP contribution in [0.3, 0.4) is 0 Å². The van der Waals surface area contributed by atoms with E-state index in [0.29, 0.717) is 19.3 Å². The highest BCUT2D eigenvalue weighted by molar-refractivity contribution is 5.77. The lowest BCUT2D eigenvalue weighted by atomic mass is 9.98. The number of ether oxygens (including phenoxy) is 1. The number of methoxy groups -OCH3 is 1. The molecular formula is C17H25NO3. The molecule has 2 rings (SSSR count). The molecule has 4 nitrogen and oxygen atoms in total. The zero-order chi connectivity index (χ0) is 15.1. The summed E-state index contributed by atoms with van der Waals surface area (Å²) < 4.78 is 5.32. The molecule has 0 saturated carbocycles. The van der Waals surface area contributed by atoms with E-state index in [4.69, 9.17) is 9.84 Å². The van der Waals surface area contributed by atoms with E-state index in [-0.39, 0.29) is 18.6 Å². The van der Waals surface area contributed by atoms with Crippen LogP contribution in [0.4, 0.5) is 0 Å². The second kappa shape index (κ2) is 8.03. The first-order chi connectivity index (χ1) is 10.3. The number of likely N-dealkylation sites (tertiary alicyclic amines) is 1. The van der Waals surface area contributed by atoms with E-state index < -0.39 is 0 Å². The van der Waals surface area contributed by atoms with Gasteiger partial charge in [-0.25, -0.2) is 0 Å². The molecule has 21 heavy (non-hydrogen) atoms. The summed E-state index contributed by atoms with van der Waals surface area (Å²) in [4.78, 5) is 14.4. The normalized spacial score (nSPS) is 18.6. The van der Waals surface area contributed by atoms with Crippen molar-refractivity contribution in [3.63, 3.8) is 0 Å².